The van der Waals surface area contributed by atoms with E-state index in [9.17, 15) is 13.2 Å². The van der Waals surface area contributed by atoms with Crippen molar-refractivity contribution >= 4 is 11.6 Å². The van der Waals surface area contributed by atoms with Crippen molar-refractivity contribution in [2.75, 3.05) is 0 Å². The van der Waals surface area contributed by atoms with Crippen molar-refractivity contribution in [3.8, 4) is 11.1 Å². The average molecular weight is 393 g/mol. The van der Waals surface area contributed by atoms with Crippen molar-refractivity contribution in [3.63, 3.8) is 0 Å². The molecule has 4 heteroatoms. The van der Waals surface area contributed by atoms with Crippen LogP contribution in [0.4, 0.5) is 13.2 Å². The predicted molar refractivity (Wildman–Crippen MR) is 106 cm³/mol. The molecule has 0 unspecified atom stereocenters. The van der Waals surface area contributed by atoms with Crippen LogP contribution in [0.1, 0.15) is 43.2 Å². The fourth-order valence-electron chi connectivity index (χ4n) is 3.86. The first kappa shape index (κ1) is 20.0. The maximum absolute atomic E-state index is 12.7. The molecule has 1 fully saturated rings. The first-order chi connectivity index (χ1) is 13.0. The van der Waals surface area contributed by atoms with Gasteiger partial charge in [-0.15, -0.1) is 0 Å². The summed E-state index contributed by atoms with van der Waals surface area (Å²) in [6, 6.07) is 13.5. The van der Waals surface area contributed by atoms with Crippen LogP contribution >= 0.6 is 11.6 Å². The molecule has 0 spiro atoms. The van der Waals surface area contributed by atoms with Crippen LogP contribution in [0.2, 0.25) is 0 Å². The number of hydrogen-bond acceptors (Lipinski definition) is 0. The maximum atomic E-state index is 12.7. The maximum Gasteiger partial charge on any atom is 0.416 e. The molecular formula is C23H24ClF3. The van der Waals surface area contributed by atoms with Crippen LogP contribution in [-0.2, 0) is 12.6 Å². The lowest BCUT2D eigenvalue weighted by molar-refractivity contribution is -0.137. The smallest absolute Gasteiger partial charge is 0.166 e. The largest absolute Gasteiger partial charge is 0.416 e. The third kappa shape index (κ3) is 5.62. The Labute approximate surface area is 164 Å². The van der Waals surface area contributed by atoms with Crippen LogP contribution in [0.15, 0.2) is 60.1 Å². The van der Waals surface area contributed by atoms with E-state index in [4.69, 9.17) is 11.6 Å². The molecule has 3 rings (SSSR count). The van der Waals surface area contributed by atoms with Crippen LogP contribution < -0.4 is 0 Å². The zero-order chi connectivity index (χ0) is 19.3. The highest BCUT2D eigenvalue weighted by molar-refractivity contribution is 6.25. The first-order valence-electron chi connectivity index (χ1n) is 9.49. The van der Waals surface area contributed by atoms with Crippen LogP contribution in [0.3, 0.4) is 0 Å². The zero-order valence-corrected chi connectivity index (χ0v) is 15.9. The second kappa shape index (κ2) is 8.97. The minimum atomic E-state index is -4.29. The summed E-state index contributed by atoms with van der Waals surface area (Å²) in [7, 11) is 0. The molecule has 1 aliphatic carbocycles. The topological polar surface area (TPSA) is 0 Å². The van der Waals surface area contributed by atoms with Crippen molar-refractivity contribution in [1.82, 2.24) is 0 Å². The third-order valence-corrected chi connectivity index (χ3v) is 5.72. The highest BCUT2D eigenvalue weighted by Gasteiger charge is 2.29. The van der Waals surface area contributed by atoms with Crippen molar-refractivity contribution in [2.24, 2.45) is 11.8 Å². The molecule has 2 aromatic rings. The van der Waals surface area contributed by atoms with Gasteiger partial charge in [-0.2, -0.15) is 13.2 Å². The Bertz CT molecular complexity index is 737. The number of benzene rings is 2. The zero-order valence-electron chi connectivity index (χ0n) is 15.2. The SMILES string of the molecule is FC(F)(F)c1ccc(-c2ccc(CCC3CCC(/C=C/Cl)CC3)cc2)cc1. The molecule has 27 heavy (non-hydrogen) atoms. The minimum Gasteiger partial charge on any atom is -0.166 e. The summed E-state index contributed by atoms with van der Waals surface area (Å²) < 4.78 is 38.0. The summed E-state index contributed by atoms with van der Waals surface area (Å²) >= 11 is 5.67. The van der Waals surface area contributed by atoms with E-state index < -0.39 is 11.7 Å². The first-order valence-corrected chi connectivity index (χ1v) is 9.93. The van der Waals surface area contributed by atoms with E-state index in [-0.39, 0.29) is 0 Å². The van der Waals surface area contributed by atoms with E-state index in [0.29, 0.717) is 5.92 Å². The molecule has 1 saturated carbocycles. The highest BCUT2D eigenvalue weighted by Crippen LogP contribution is 2.33. The fourth-order valence-corrected chi connectivity index (χ4v) is 4.06. The predicted octanol–water partition coefficient (Wildman–Crippen LogP) is 7.86. The molecular weight excluding hydrogens is 369 g/mol. The van der Waals surface area contributed by atoms with Crippen molar-refractivity contribution in [2.45, 2.75) is 44.7 Å². The van der Waals surface area contributed by atoms with Crippen molar-refractivity contribution < 1.29 is 13.2 Å². The molecule has 0 nitrogen and oxygen atoms in total. The van der Waals surface area contributed by atoms with Gasteiger partial charge in [0, 0.05) is 5.54 Å². The van der Waals surface area contributed by atoms with Gasteiger partial charge in [0.1, 0.15) is 0 Å². The van der Waals surface area contributed by atoms with Gasteiger partial charge in [-0.05, 0) is 79.2 Å². The molecule has 0 amide bonds. The summed E-state index contributed by atoms with van der Waals surface area (Å²) in [6.45, 7) is 0. The van der Waals surface area contributed by atoms with Gasteiger partial charge < -0.3 is 0 Å². The quantitative estimate of drug-likeness (QED) is 0.485. The van der Waals surface area contributed by atoms with Gasteiger partial charge in [0.15, 0.2) is 0 Å². The number of allylic oxidation sites excluding steroid dienone is 1. The molecule has 0 aliphatic heterocycles. The van der Waals surface area contributed by atoms with E-state index in [2.05, 4.69) is 18.2 Å². The number of rotatable bonds is 5. The summed E-state index contributed by atoms with van der Waals surface area (Å²) in [5.74, 6) is 1.42. The van der Waals surface area contributed by atoms with Gasteiger partial charge in [-0.25, -0.2) is 0 Å². The van der Waals surface area contributed by atoms with E-state index in [1.54, 1.807) is 5.54 Å². The molecule has 0 heterocycles. The average Bonchev–Trinajstić information content (AvgIpc) is 2.68. The number of halogens is 4. The minimum absolute atomic E-state index is 0.612. The number of hydrogen-bond donors (Lipinski definition) is 0. The number of alkyl halides is 3. The van der Waals surface area contributed by atoms with Gasteiger partial charge in [-0.1, -0.05) is 54.1 Å². The van der Waals surface area contributed by atoms with Gasteiger partial charge in [0.2, 0.25) is 0 Å². The van der Waals surface area contributed by atoms with Gasteiger partial charge in [0.25, 0.3) is 0 Å². The van der Waals surface area contributed by atoms with Crippen LogP contribution in [0.5, 0.6) is 0 Å². The van der Waals surface area contributed by atoms with Crippen molar-refractivity contribution in [3.05, 3.63) is 71.3 Å². The third-order valence-electron chi connectivity index (χ3n) is 5.58. The van der Waals surface area contributed by atoms with Crippen molar-refractivity contribution in [1.29, 1.82) is 0 Å². The fraction of sp³-hybridized carbons (Fsp3) is 0.391. The Morgan fingerprint density at radius 2 is 1.41 bits per heavy atom. The molecule has 0 bridgehead atoms. The lowest BCUT2D eigenvalue weighted by Crippen LogP contribution is -2.13. The molecule has 0 atom stereocenters. The Morgan fingerprint density at radius 1 is 0.852 bits per heavy atom. The Morgan fingerprint density at radius 3 is 1.93 bits per heavy atom. The molecule has 0 N–H and O–H groups in total. The molecule has 0 aromatic heterocycles. The van der Waals surface area contributed by atoms with Crippen LogP contribution in [-0.4, -0.2) is 0 Å². The molecule has 0 saturated heterocycles. The molecule has 2 aromatic carbocycles. The van der Waals surface area contributed by atoms with E-state index in [1.807, 2.05) is 12.1 Å². The van der Waals surface area contributed by atoms with Gasteiger partial charge >= 0.3 is 6.18 Å². The summed E-state index contributed by atoms with van der Waals surface area (Å²) in [5, 5.41) is 0. The van der Waals surface area contributed by atoms with E-state index in [0.717, 1.165) is 35.6 Å². The normalized spacial score (nSPS) is 20.9. The monoisotopic (exact) mass is 392 g/mol. The lowest BCUT2D eigenvalue weighted by atomic mass is 9.79. The second-order valence-corrected chi connectivity index (χ2v) is 7.66. The molecule has 0 radical (unpaired) electrons. The summed E-state index contributed by atoms with van der Waals surface area (Å²) in [6.07, 6.45) is 5.02. The summed E-state index contributed by atoms with van der Waals surface area (Å²) in [5.41, 5.74) is 4.07. The lowest BCUT2D eigenvalue weighted by Gasteiger charge is -2.26. The molecule has 144 valence electrons. The summed E-state index contributed by atoms with van der Waals surface area (Å²) in [4.78, 5) is 0. The molecule has 1 aliphatic rings. The second-order valence-electron chi connectivity index (χ2n) is 7.41. The van der Waals surface area contributed by atoms with E-state index in [1.165, 1.54) is 49.8 Å². The van der Waals surface area contributed by atoms with Crippen LogP contribution in [0.25, 0.3) is 11.1 Å². The Hall–Kier alpha value is -1.74. The standard InChI is InChI=1S/C23H24ClF3/c24-16-15-19-5-3-17(4-6-19)1-2-18-7-9-20(10-8-18)21-11-13-22(14-12-21)23(25,26)27/h7-17,19H,1-6H2/b16-15+. The van der Waals surface area contributed by atoms with Crippen LogP contribution in [0, 0.1) is 11.8 Å². The van der Waals surface area contributed by atoms with Gasteiger partial charge in [-0.3, -0.25) is 0 Å². The number of aryl methyl sites for hydroxylation is 1. The highest BCUT2D eigenvalue weighted by atomic mass is 35.5. The Kier molecular flexibility index (Phi) is 6.64. The van der Waals surface area contributed by atoms with E-state index >= 15 is 0 Å². The Balaban J connectivity index is 1.53. The van der Waals surface area contributed by atoms with Gasteiger partial charge in [0.05, 0.1) is 5.56 Å².